The Kier molecular flexibility index (Phi) is 6.02. The van der Waals surface area contributed by atoms with Crippen LogP contribution in [0.15, 0.2) is 48.5 Å². The molecule has 10 heteroatoms. The predicted octanol–water partition coefficient (Wildman–Crippen LogP) is 3.10. The molecule has 0 radical (unpaired) electrons. The lowest BCUT2D eigenvalue weighted by Gasteiger charge is -2.17. The Morgan fingerprint density at radius 2 is 1.86 bits per heavy atom. The molecule has 1 amide bonds. The van der Waals surface area contributed by atoms with E-state index in [0.717, 1.165) is 0 Å². The number of nitrogens with zero attached hydrogens (tertiary/aromatic N) is 1. The average Bonchev–Trinajstić information content (AvgIpc) is 3.03. The lowest BCUT2D eigenvalue weighted by molar-refractivity contribution is -0.153. The van der Waals surface area contributed by atoms with E-state index in [1.165, 1.54) is 28.6 Å². The summed E-state index contributed by atoms with van der Waals surface area (Å²) in [6.45, 7) is -0.868. The second kappa shape index (κ2) is 8.32. The number of carbonyl (C=O) groups excluding carboxylic acids is 1. The zero-order valence-corrected chi connectivity index (χ0v) is 16.1. The van der Waals surface area contributed by atoms with Crippen LogP contribution in [0.5, 0.6) is 5.75 Å². The summed E-state index contributed by atoms with van der Waals surface area (Å²) in [6.07, 6.45) is -3.86. The summed E-state index contributed by atoms with van der Waals surface area (Å²) in [6, 6.07) is 12.2. The number of carbonyl (C=O) groups is 1. The Hall–Kier alpha value is -2.75. The quantitative estimate of drug-likeness (QED) is 0.767. The van der Waals surface area contributed by atoms with Gasteiger partial charge in [-0.2, -0.15) is 13.2 Å². The van der Waals surface area contributed by atoms with E-state index >= 15 is 0 Å². The summed E-state index contributed by atoms with van der Waals surface area (Å²) < 4.78 is 66.6. The highest BCUT2D eigenvalue weighted by molar-refractivity contribution is 7.93. The molecule has 156 valence electrons. The number of amides is 1. The van der Waals surface area contributed by atoms with Gasteiger partial charge in [-0.05, 0) is 48.4 Å². The summed E-state index contributed by atoms with van der Waals surface area (Å²) in [7, 11) is -3.29. The molecule has 1 aliphatic heterocycles. The maximum absolute atomic E-state index is 12.3. The van der Waals surface area contributed by atoms with Crippen molar-refractivity contribution >= 4 is 21.6 Å². The number of hydrogen-bond acceptors (Lipinski definition) is 4. The van der Waals surface area contributed by atoms with Crippen LogP contribution in [0, 0.1) is 0 Å². The number of nitrogens with one attached hydrogen (secondary N) is 1. The Balaban J connectivity index is 1.58. The first kappa shape index (κ1) is 21.0. The van der Waals surface area contributed by atoms with Gasteiger partial charge in [0.1, 0.15) is 5.75 Å². The topological polar surface area (TPSA) is 75.7 Å². The molecule has 2 aromatic rings. The number of halogens is 3. The van der Waals surface area contributed by atoms with E-state index in [1.54, 1.807) is 24.3 Å². The molecule has 2 aromatic carbocycles. The molecule has 0 aromatic heterocycles. The molecule has 0 saturated carbocycles. The van der Waals surface area contributed by atoms with E-state index in [4.69, 9.17) is 0 Å². The van der Waals surface area contributed by atoms with Crippen LogP contribution < -0.4 is 14.4 Å². The summed E-state index contributed by atoms with van der Waals surface area (Å²) in [4.78, 5) is 12.3. The zero-order valence-electron chi connectivity index (χ0n) is 15.3. The predicted molar refractivity (Wildman–Crippen MR) is 101 cm³/mol. The third kappa shape index (κ3) is 5.63. The van der Waals surface area contributed by atoms with Crippen LogP contribution in [0.3, 0.4) is 0 Å². The van der Waals surface area contributed by atoms with Crippen LogP contribution in [0.4, 0.5) is 18.9 Å². The molecule has 0 atom stereocenters. The van der Waals surface area contributed by atoms with Crippen LogP contribution in [-0.4, -0.2) is 39.4 Å². The molecular formula is C19H19F3N2O4S. The van der Waals surface area contributed by atoms with Gasteiger partial charge in [-0.15, -0.1) is 0 Å². The lowest BCUT2D eigenvalue weighted by Crippen LogP contribution is -2.25. The normalized spacial score (nSPS) is 15.9. The average molecular weight is 428 g/mol. The van der Waals surface area contributed by atoms with E-state index in [1.807, 2.05) is 0 Å². The smallest absolute Gasteiger partial charge is 0.422 e. The van der Waals surface area contributed by atoms with Crippen molar-refractivity contribution in [2.45, 2.75) is 19.1 Å². The van der Waals surface area contributed by atoms with Crippen LogP contribution in [0.1, 0.15) is 22.3 Å². The number of ether oxygens (including phenoxy) is 1. The molecule has 0 unspecified atom stereocenters. The van der Waals surface area contributed by atoms with Gasteiger partial charge >= 0.3 is 6.18 Å². The second-order valence-corrected chi connectivity index (χ2v) is 8.54. The molecule has 1 fully saturated rings. The number of anilines is 1. The summed E-state index contributed by atoms with van der Waals surface area (Å²) >= 11 is 0. The van der Waals surface area contributed by atoms with E-state index in [9.17, 15) is 26.4 Å². The largest absolute Gasteiger partial charge is 0.484 e. The summed E-state index contributed by atoms with van der Waals surface area (Å²) in [5, 5.41) is 2.67. The maximum atomic E-state index is 12.3. The van der Waals surface area contributed by atoms with Gasteiger partial charge in [0, 0.05) is 18.7 Å². The van der Waals surface area contributed by atoms with Crippen molar-refractivity contribution in [3.05, 3.63) is 59.7 Å². The molecule has 29 heavy (non-hydrogen) atoms. The van der Waals surface area contributed by atoms with Gasteiger partial charge in [-0.1, -0.05) is 12.1 Å². The Morgan fingerprint density at radius 1 is 1.14 bits per heavy atom. The van der Waals surface area contributed by atoms with Crippen molar-refractivity contribution in [3.63, 3.8) is 0 Å². The van der Waals surface area contributed by atoms with Crippen LogP contribution in [-0.2, 0) is 16.6 Å². The minimum Gasteiger partial charge on any atom is -0.484 e. The molecule has 0 aliphatic carbocycles. The minimum atomic E-state index is -4.43. The first-order chi connectivity index (χ1) is 13.6. The van der Waals surface area contributed by atoms with Crippen molar-refractivity contribution in [3.8, 4) is 5.75 Å². The van der Waals surface area contributed by atoms with E-state index in [2.05, 4.69) is 10.1 Å². The zero-order chi connectivity index (χ0) is 21.1. The molecule has 3 rings (SSSR count). The second-order valence-electron chi connectivity index (χ2n) is 6.52. The van der Waals surface area contributed by atoms with E-state index in [0.29, 0.717) is 29.8 Å². The van der Waals surface area contributed by atoms with Gasteiger partial charge < -0.3 is 10.1 Å². The standard InChI is InChI=1S/C19H19F3N2O4S/c20-19(21,22)13-28-17-4-1-3-14(11-17)12-23-18(25)15-5-7-16(8-6-15)24-9-2-10-29(24,26)27/h1,3-8,11H,2,9-10,12-13H2,(H,23,25). The summed E-state index contributed by atoms with van der Waals surface area (Å²) in [5.41, 5.74) is 1.43. The maximum Gasteiger partial charge on any atom is 0.422 e. The Morgan fingerprint density at radius 3 is 2.48 bits per heavy atom. The molecule has 1 N–H and O–H groups in total. The number of sulfonamides is 1. The minimum absolute atomic E-state index is 0.0604. The highest BCUT2D eigenvalue weighted by Crippen LogP contribution is 2.24. The SMILES string of the molecule is O=C(NCc1cccc(OCC(F)(F)F)c1)c1ccc(N2CCCS2(=O)=O)cc1. The monoisotopic (exact) mass is 428 g/mol. The fourth-order valence-electron chi connectivity index (χ4n) is 2.90. The Labute approximate surface area is 166 Å². The van der Waals surface area contributed by atoms with E-state index < -0.39 is 22.8 Å². The van der Waals surface area contributed by atoms with Crippen LogP contribution in [0.2, 0.25) is 0 Å². The Bertz CT molecular complexity index is 976. The van der Waals surface area contributed by atoms with Gasteiger partial charge in [0.15, 0.2) is 6.61 Å². The van der Waals surface area contributed by atoms with Crippen LogP contribution >= 0.6 is 0 Å². The van der Waals surface area contributed by atoms with E-state index in [-0.39, 0.29) is 24.0 Å². The number of hydrogen-bond donors (Lipinski definition) is 1. The number of rotatable bonds is 6. The lowest BCUT2D eigenvalue weighted by atomic mass is 10.1. The fraction of sp³-hybridized carbons (Fsp3) is 0.316. The molecule has 1 saturated heterocycles. The van der Waals surface area contributed by atoms with Gasteiger partial charge in [-0.3, -0.25) is 9.10 Å². The van der Waals surface area contributed by atoms with Crippen molar-refractivity contribution in [2.24, 2.45) is 0 Å². The van der Waals surface area contributed by atoms with Crippen molar-refractivity contribution in [2.75, 3.05) is 23.2 Å². The molecule has 0 bridgehead atoms. The van der Waals surface area contributed by atoms with Crippen molar-refractivity contribution in [1.82, 2.24) is 5.32 Å². The fourth-order valence-corrected chi connectivity index (χ4v) is 4.47. The highest BCUT2D eigenvalue weighted by atomic mass is 32.2. The number of benzene rings is 2. The molecular weight excluding hydrogens is 409 g/mol. The number of alkyl halides is 3. The molecule has 1 heterocycles. The highest BCUT2D eigenvalue weighted by Gasteiger charge is 2.29. The van der Waals surface area contributed by atoms with Gasteiger partial charge in [0.2, 0.25) is 10.0 Å². The molecule has 1 aliphatic rings. The van der Waals surface area contributed by atoms with Crippen molar-refractivity contribution in [1.29, 1.82) is 0 Å². The molecule has 0 spiro atoms. The third-order valence-corrected chi connectivity index (χ3v) is 6.14. The van der Waals surface area contributed by atoms with Crippen LogP contribution in [0.25, 0.3) is 0 Å². The van der Waals surface area contributed by atoms with Crippen molar-refractivity contribution < 1.29 is 31.1 Å². The van der Waals surface area contributed by atoms with Gasteiger partial charge in [0.25, 0.3) is 5.91 Å². The van der Waals surface area contributed by atoms with Gasteiger partial charge in [0.05, 0.1) is 11.4 Å². The first-order valence-corrected chi connectivity index (χ1v) is 10.4. The van der Waals surface area contributed by atoms with Gasteiger partial charge in [-0.25, -0.2) is 8.42 Å². The first-order valence-electron chi connectivity index (χ1n) is 8.81. The third-order valence-electron chi connectivity index (χ3n) is 4.27. The molecule has 6 nitrogen and oxygen atoms in total. The summed E-state index contributed by atoms with van der Waals surface area (Å²) in [5.74, 6) is -0.214.